The summed E-state index contributed by atoms with van der Waals surface area (Å²) in [5.41, 5.74) is 7.99. The SMILES string of the molecule is CCNc1sc(C(=O)N(C)C)c(N)c1C1CC1. The molecule has 3 N–H and O–H groups in total. The van der Waals surface area contributed by atoms with Crippen LogP contribution in [0.4, 0.5) is 10.7 Å². The van der Waals surface area contributed by atoms with Crippen molar-refractivity contribution in [2.24, 2.45) is 0 Å². The van der Waals surface area contributed by atoms with Crippen LogP contribution in [0.25, 0.3) is 0 Å². The summed E-state index contributed by atoms with van der Waals surface area (Å²) in [6.07, 6.45) is 2.38. The highest BCUT2D eigenvalue weighted by atomic mass is 32.1. The summed E-state index contributed by atoms with van der Waals surface area (Å²) in [5, 5.41) is 4.40. The van der Waals surface area contributed by atoms with Crippen LogP contribution in [0.15, 0.2) is 0 Å². The molecule has 0 spiro atoms. The Morgan fingerprint density at radius 3 is 2.65 bits per heavy atom. The highest BCUT2D eigenvalue weighted by molar-refractivity contribution is 7.18. The topological polar surface area (TPSA) is 58.4 Å². The number of carbonyl (C=O) groups is 1. The molecule has 1 heterocycles. The molecule has 2 rings (SSSR count). The van der Waals surface area contributed by atoms with Gasteiger partial charge in [0.15, 0.2) is 0 Å². The van der Waals surface area contributed by atoms with E-state index >= 15 is 0 Å². The Morgan fingerprint density at radius 2 is 2.18 bits per heavy atom. The first-order valence-electron chi connectivity index (χ1n) is 5.93. The number of nitrogens with one attached hydrogen (secondary N) is 1. The minimum atomic E-state index is -0.00134. The van der Waals surface area contributed by atoms with Crippen LogP contribution in [-0.2, 0) is 0 Å². The predicted octanol–water partition coefficient (Wildman–Crippen LogP) is 2.34. The Morgan fingerprint density at radius 1 is 1.53 bits per heavy atom. The molecule has 1 saturated carbocycles. The second kappa shape index (κ2) is 4.56. The van der Waals surface area contributed by atoms with Gasteiger partial charge in [-0.1, -0.05) is 0 Å². The smallest absolute Gasteiger partial charge is 0.265 e. The van der Waals surface area contributed by atoms with Crippen LogP contribution in [0.3, 0.4) is 0 Å². The van der Waals surface area contributed by atoms with Crippen LogP contribution in [-0.4, -0.2) is 31.4 Å². The van der Waals surface area contributed by atoms with E-state index in [1.54, 1.807) is 19.0 Å². The van der Waals surface area contributed by atoms with Crippen molar-refractivity contribution < 1.29 is 4.79 Å². The van der Waals surface area contributed by atoms with Gasteiger partial charge in [-0.05, 0) is 25.7 Å². The molecule has 1 aromatic heterocycles. The van der Waals surface area contributed by atoms with E-state index in [4.69, 9.17) is 5.73 Å². The number of nitrogen functional groups attached to an aromatic ring is 1. The van der Waals surface area contributed by atoms with Crippen molar-refractivity contribution in [1.82, 2.24) is 4.90 Å². The van der Waals surface area contributed by atoms with Crippen molar-refractivity contribution in [3.05, 3.63) is 10.4 Å². The molecule has 4 nitrogen and oxygen atoms in total. The highest BCUT2D eigenvalue weighted by Gasteiger charge is 2.33. The van der Waals surface area contributed by atoms with E-state index in [0.717, 1.165) is 11.5 Å². The largest absolute Gasteiger partial charge is 0.397 e. The van der Waals surface area contributed by atoms with Gasteiger partial charge in [-0.2, -0.15) is 0 Å². The molecule has 0 aromatic carbocycles. The summed E-state index contributed by atoms with van der Waals surface area (Å²) >= 11 is 1.49. The fraction of sp³-hybridized carbons (Fsp3) is 0.583. The Balaban J connectivity index is 2.40. The molecule has 0 saturated heterocycles. The van der Waals surface area contributed by atoms with Gasteiger partial charge in [0.1, 0.15) is 4.88 Å². The number of hydrogen-bond acceptors (Lipinski definition) is 4. The minimum Gasteiger partial charge on any atom is -0.397 e. The van der Waals surface area contributed by atoms with E-state index in [-0.39, 0.29) is 5.91 Å². The van der Waals surface area contributed by atoms with E-state index in [1.807, 2.05) is 0 Å². The molecule has 0 unspecified atom stereocenters. The number of anilines is 2. The number of hydrogen-bond donors (Lipinski definition) is 2. The van der Waals surface area contributed by atoms with Crippen LogP contribution in [0.1, 0.15) is 40.9 Å². The number of nitrogens with zero attached hydrogens (tertiary/aromatic N) is 1. The summed E-state index contributed by atoms with van der Waals surface area (Å²) in [7, 11) is 3.51. The molecule has 1 amide bonds. The normalized spacial score (nSPS) is 14.8. The van der Waals surface area contributed by atoms with E-state index in [1.165, 1.54) is 29.7 Å². The zero-order valence-corrected chi connectivity index (χ0v) is 11.4. The number of carbonyl (C=O) groups excluding carboxylic acids is 1. The number of thiophene rings is 1. The fourth-order valence-electron chi connectivity index (χ4n) is 1.89. The molecule has 1 aromatic rings. The molecule has 1 aliphatic rings. The van der Waals surface area contributed by atoms with Crippen LogP contribution in [0.2, 0.25) is 0 Å². The molecule has 94 valence electrons. The summed E-state index contributed by atoms with van der Waals surface area (Å²) in [4.78, 5) is 14.3. The van der Waals surface area contributed by atoms with Crippen LogP contribution in [0.5, 0.6) is 0 Å². The van der Waals surface area contributed by atoms with Gasteiger partial charge in [-0.25, -0.2) is 0 Å². The summed E-state index contributed by atoms with van der Waals surface area (Å²) < 4.78 is 0. The molecule has 1 aliphatic carbocycles. The lowest BCUT2D eigenvalue weighted by Crippen LogP contribution is -2.21. The second-order valence-electron chi connectivity index (χ2n) is 4.59. The number of rotatable bonds is 4. The molecule has 0 atom stereocenters. The molecule has 0 radical (unpaired) electrons. The van der Waals surface area contributed by atoms with Gasteiger partial charge in [-0.3, -0.25) is 4.79 Å². The predicted molar refractivity (Wildman–Crippen MR) is 72.9 cm³/mol. The molecular formula is C12H19N3OS. The van der Waals surface area contributed by atoms with Gasteiger partial charge >= 0.3 is 0 Å². The lowest BCUT2D eigenvalue weighted by atomic mass is 10.1. The van der Waals surface area contributed by atoms with Crippen molar-refractivity contribution in [1.29, 1.82) is 0 Å². The first kappa shape index (κ1) is 12.2. The van der Waals surface area contributed by atoms with Crippen molar-refractivity contribution >= 4 is 27.9 Å². The summed E-state index contributed by atoms with van der Waals surface area (Å²) in [5.74, 6) is 0.558. The quantitative estimate of drug-likeness (QED) is 0.866. The van der Waals surface area contributed by atoms with Gasteiger partial charge in [-0.15, -0.1) is 11.3 Å². The van der Waals surface area contributed by atoms with Gasteiger partial charge in [0.05, 0.1) is 10.7 Å². The lowest BCUT2D eigenvalue weighted by molar-refractivity contribution is 0.0833. The monoisotopic (exact) mass is 253 g/mol. The lowest BCUT2D eigenvalue weighted by Gasteiger charge is -2.08. The first-order valence-corrected chi connectivity index (χ1v) is 6.75. The van der Waals surface area contributed by atoms with Gasteiger partial charge < -0.3 is 16.0 Å². The minimum absolute atomic E-state index is 0.00134. The zero-order chi connectivity index (χ0) is 12.6. The van der Waals surface area contributed by atoms with Crippen molar-refractivity contribution in [2.75, 3.05) is 31.7 Å². The van der Waals surface area contributed by atoms with Gasteiger partial charge in [0.2, 0.25) is 0 Å². The van der Waals surface area contributed by atoms with E-state index in [2.05, 4.69) is 12.2 Å². The third kappa shape index (κ3) is 2.24. The van der Waals surface area contributed by atoms with Crippen LogP contribution >= 0.6 is 11.3 Å². The van der Waals surface area contributed by atoms with E-state index in [9.17, 15) is 4.79 Å². The van der Waals surface area contributed by atoms with Gasteiger partial charge in [0, 0.05) is 26.2 Å². The highest BCUT2D eigenvalue weighted by Crippen LogP contribution is 2.50. The molecule has 1 fully saturated rings. The van der Waals surface area contributed by atoms with Gasteiger partial charge in [0.25, 0.3) is 5.91 Å². The third-order valence-corrected chi connectivity index (χ3v) is 4.07. The molecule has 5 heteroatoms. The van der Waals surface area contributed by atoms with E-state index in [0.29, 0.717) is 16.5 Å². The molecule has 0 aliphatic heterocycles. The second-order valence-corrected chi connectivity index (χ2v) is 5.61. The molecule has 0 bridgehead atoms. The number of nitrogens with two attached hydrogens (primary N) is 1. The van der Waals surface area contributed by atoms with E-state index < -0.39 is 0 Å². The Kier molecular flexibility index (Phi) is 3.28. The average Bonchev–Trinajstić information content (AvgIpc) is 3.04. The maximum Gasteiger partial charge on any atom is 0.265 e. The number of amides is 1. The first-order chi connectivity index (χ1) is 8.06. The Labute approximate surface area is 106 Å². The summed E-state index contributed by atoms with van der Waals surface area (Å²) in [6, 6.07) is 0. The van der Waals surface area contributed by atoms with Crippen LogP contribution < -0.4 is 11.1 Å². The Hall–Kier alpha value is -1.23. The summed E-state index contributed by atoms with van der Waals surface area (Å²) in [6.45, 7) is 2.91. The zero-order valence-electron chi connectivity index (χ0n) is 10.5. The van der Waals surface area contributed by atoms with Crippen LogP contribution in [0, 0.1) is 0 Å². The molecular weight excluding hydrogens is 234 g/mol. The van der Waals surface area contributed by atoms with Crippen molar-refractivity contribution in [2.45, 2.75) is 25.7 Å². The Bertz CT molecular complexity index is 435. The third-order valence-electron chi connectivity index (χ3n) is 2.91. The van der Waals surface area contributed by atoms with Crippen molar-refractivity contribution in [3.63, 3.8) is 0 Å². The fourth-order valence-corrected chi connectivity index (χ4v) is 3.18. The molecule has 17 heavy (non-hydrogen) atoms. The average molecular weight is 253 g/mol. The van der Waals surface area contributed by atoms with Crippen molar-refractivity contribution in [3.8, 4) is 0 Å². The maximum atomic E-state index is 12.0. The standard InChI is InChI=1S/C12H19N3OS/c1-4-14-11-8(7-5-6-7)9(13)10(17-11)12(16)15(2)3/h7,14H,4-6,13H2,1-3H3. The maximum absolute atomic E-state index is 12.0.